The minimum absolute atomic E-state index is 0.157. The number of amides is 2. The Labute approximate surface area is 102 Å². The van der Waals surface area contributed by atoms with Crippen LogP contribution in [0.25, 0.3) is 0 Å². The summed E-state index contributed by atoms with van der Waals surface area (Å²) >= 11 is 0. The molecule has 0 atom stereocenters. The van der Waals surface area contributed by atoms with E-state index in [0.717, 1.165) is 14.1 Å². The molecule has 0 unspecified atom stereocenters. The fourth-order valence-corrected chi connectivity index (χ4v) is 1.61. The Morgan fingerprint density at radius 1 is 0.889 bits per heavy atom. The summed E-state index contributed by atoms with van der Waals surface area (Å²) in [5, 5.41) is 0. The predicted octanol–water partition coefficient (Wildman–Crippen LogP) is -0.0352. The molecule has 94 valence electrons. The summed E-state index contributed by atoms with van der Waals surface area (Å²) < 4.78 is 0.576. The van der Waals surface area contributed by atoms with Crippen molar-refractivity contribution in [2.75, 3.05) is 14.1 Å². The number of carbonyl (C=O) groups is 2. The average molecular weight is 252 g/mol. The number of rotatable bonds is 4. The highest BCUT2D eigenvalue weighted by Gasteiger charge is 2.36. The van der Waals surface area contributed by atoms with Crippen LogP contribution in [0.15, 0.2) is 12.1 Å². The van der Waals surface area contributed by atoms with Gasteiger partial charge in [0.15, 0.2) is 14.1 Å². The molecule has 0 saturated heterocycles. The van der Waals surface area contributed by atoms with E-state index in [0.29, 0.717) is 0 Å². The zero-order valence-electron chi connectivity index (χ0n) is 9.84. The lowest BCUT2D eigenvalue weighted by Crippen LogP contribution is -2.19. The van der Waals surface area contributed by atoms with Crippen LogP contribution in [0.4, 0.5) is 11.4 Å². The fourth-order valence-electron chi connectivity index (χ4n) is 1.61. The average Bonchev–Trinajstić information content (AvgIpc) is 2.26. The molecule has 0 spiro atoms. The lowest BCUT2D eigenvalue weighted by molar-refractivity contribution is -0.464. The van der Waals surface area contributed by atoms with Gasteiger partial charge in [-0.25, -0.2) is 0 Å². The van der Waals surface area contributed by atoms with Gasteiger partial charge in [-0.3, -0.25) is 9.59 Å². The summed E-state index contributed by atoms with van der Waals surface area (Å²) in [6.07, 6.45) is 0. The first-order valence-corrected chi connectivity index (χ1v) is 4.85. The van der Waals surface area contributed by atoms with E-state index in [1.54, 1.807) is 0 Å². The van der Waals surface area contributed by atoms with Crippen LogP contribution in [0, 0.1) is 9.81 Å². The maximum Gasteiger partial charge on any atom is 0.344 e. The summed E-state index contributed by atoms with van der Waals surface area (Å²) in [7, 11) is 2.17. The molecule has 0 aliphatic rings. The van der Waals surface area contributed by atoms with Gasteiger partial charge >= 0.3 is 11.4 Å². The Kier molecular flexibility index (Phi) is 3.50. The van der Waals surface area contributed by atoms with Gasteiger partial charge in [0.25, 0.3) is 11.8 Å². The molecule has 0 radical (unpaired) electrons. The topological polar surface area (TPSA) is 126 Å². The van der Waals surface area contributed by atoms with Crippen molar-refractivity contribution < 1.29 is 19.1 Å². The molecule has 0 heterocycles. The predicted molar refractivity (Wildman–Crippen MR) is 61.9 cm³/mol. The Morgan fingerprint density at radius 3 is 1.33 bits per heavy atom. The Bertz CT molecular complexity index is 528. The minimum Gasteiger partial charge on any atom is -0.365 e. The van der Waals surface area contributed by atoms with Crippen LogP contribution in [-0.2, 0) is 0 Å². The molecule has 4 N–H and O–H groups in total. The number of nitroso groups, excluding NO2 is 2. The highest BCUT2D eigenvalue weighted by Crippen LogP contribution is 2.33. The van der Waals surface area contributed by atoms with Crippen LogP contribution >= 0.6 is 0 Å². The summed E-state index contributed by atoms with van der Waals surface area (Å²) in [5.41, 5.74) is 9.34. The van der Waals surface area contributed by atoms with Crippen LogP contribution < -0.4 is 11.5 Å². The van der Waals surface area contributed by atoms with Gasteiger partial charge in [0.1, 0.15) is 11.1 Å². The van der Waals surface area contributed by atoms with Crippen molar-refractivity contribution in [1.82, 2.24) is 0 Å². The highest BCUT2D eigenvalue weighted by molar-refractivity contribution is 6.04. The Hall–Kier alpha value is -2.64. The molecular weight excluding hydrogens is 240 g/mol. The summed E-state index contributed by atoms with van der Waals surface area (Å²) in [5.74, 6) is -1.77. The van der Waals surface area contributed by atoms with Crippen LogP contribution in [0.1, 0.15) is 20.7 Å². The molecule has 1 aromatic carbocycles. The molecule has 0 aliphatic heterocycles. The molecule has 0 bridgehead atoms. The van der Waals surface area contributed by atoms with Crippen molar-refractivity contribution in [2.45, 2.75) is 0 Å². The number of nitrogens with zero attached hydrogens (tertiary/aromatic N) is 2. The monoisotopic (exact) mass is 252 g/mol. The second-order valence-corrected chi connectivity index (χ2v) is 3.58. The number of benzene rings is 1. The van der Waals surface area contributed by atoms with E-state index < -0.39 is 11.8 Å². The smallest absolute Gasteiger partial charge is 0.344 e. The normalized spacial score (nSPS) is 9.89. The van der Waals surface area contributed by atoms with Gasteiger partial charge in [-0.05, 0) is 12.1 Å². The molecule has 8 nitrogen and oxygen atoms in total. The Morgan fingerprint density at radius 2 is 1.17 bits per heavy atom. The molecule has 1 aromatic rings. The molecule has 0 aliphatic carbocycles. The van der Waals surface area contributed by atoms with E-state index in [4.69, 9.17) is 11.5 Å². The van der Waals surface area contributed by atoms with Gasteiger partial charge in [0.05, 0.1) is 0 Å². The highest BCUT2D eigenvalue weighted by atomic mass is 16.3. The van der Waals surface area contributed by atoms with Crippen LogP contribution in [-0.4, -0.2) is 35.4 Å². The molecule has 0 aromatic heterocycles. The van der Waals surface area contributed by atoms with E-state index in [1.807, 2.05) is 0 Å². The van der Waals surface area contributed by atoms with Gasteiger partial charge in [-0.15, -0.1) is 0 Å². The van der Waals surface area contributed by atoms with Crippen molar-refractivity contribution in [1.29, 1.82) is 0 Å². The molecule has 0 saturated carbocycles. The van der Waals surface area contributed by atoms with Crippen LogP contribution in [0.3, 0.4) is 0 Å². The van der Waals surface area contributed by atoms with Gasteiger partial charge in [-0.2, -0.15) is 0 Å². The van der Waals surface area contributed by atoms with Crippen molar-refractivity contribution in [3.63, 3.8) is 0 Å². The molecular formula is C10H12N4O4+2. The van der Waals surface area contributed by atoms with Crippen molar-refractivity contribution in [3.8, 4) is 0 Å². The third-order valence-corrected chi connectivity index (χ3v) is 2.31. The third-order valence-electron chi connectivity index (χ3n) is 2.31. The third kappa shape index (κ3) is 2.21. The Balaban J connectivity index is 3.82. The van der Waals surface area contributed by atoms with Crippen molar-refractivity contribution in [2.24, 2.45) is 11.5 Å². The van der Waals surface area contributed by atoms with Crippen LogP contribution in [0.2, 0.25) is 0 Å². The van der Waals surface area contributed by atoms with Crippen molar-refractivity contribution >= 4 is 23.2 Å². The zero-order chi connectivity index (χ0) is 14.0. The first-order valence-electron chi connectivity index (χ1n) is 4.85. The number of carbonyl (C=O) groups excluding carboxylic acids is 2. The number of primary amides is 2. The zero-order valence-corrected chi connectivity index (χ0v) is 9.84. The minimum atomic E-state index is -0.883. The van der Waals surface area contributed by atoms with E-state index in [-0.39, 0.29) is 32.0 Å². The van der Waals surface area contributed by atoms with Gasteiger partial charge in [0, 0.05) is 19.3 Å². The fraction of sp³-hybridized carbons (Fsp3) is 0.200. The molecule has 2 amide bonds. The lowest BCUT2D eigenvalue weighted by Gasteiger charge is -2.01. The second-order valence-electron chi connectivity index (χ2n) is 3.58. The maximum absolute atomic E-state index is 11.5. The first kappa shape index (κ1) is 13.4. The second kappa shape index (κ2) is 4.70. The summed E-state index contributed by atoms with van der Waals surface area (Å²) in [6, 6.07) is 2.36. The number of nitrogens with two attached hydrogens (primary N) is 2. The first-order chi connectivity index (χ1) is 8.27. The standard InChI is InChI=1S/C10H10N4O4/c1-13(17)7-5(9(11)15)3-4-6(10(12)16)8(7)14(2)18/h3-4H,1-2H3,(H2-2,11,12,15,16)/p+2. The van der Waals surface area contributed by atoms with E-state index in [9.17, 15) is 19.4 Å². The summed E-state index contributed by atoms with van der Waals surface area (Å²) in [6.45, 7) is 0. The van der Waals surface area contributed by atoms with Gasteiger partial charge in [0.2, 0.25) is 0 Å². The molecule has 1 rings (SSSR count). The van der Waals surface area contributed by atoms with E-state index in [1.165, 1.54) is 12.1 Å². The quantitative estimate of drug-likeness (QED) is 0.729. The summed E-state index contributed by atoms with van der Waals surface area (Å²) in [4.78, 5) is 45.3. The molecule has 18 heavy (non-hydrogen) atoms. The maximum atomic E-state index is 11.5. The van der Waals surface area contributed by atoms with Gasteiger partial charge in [-0.1, -0.05) is 0 Å². The van der Waals surface area contributed by atoms with E-state index in [2.05, 4.69) is 0 Å². The lowest BCUT2D eigenvalue weighted by atomic mass is 10.0. The van der Waals surface area contributed by atoms with Crippen molar-refractivity contribution in [3.05, 3.63) is 33.1 Å². The molecule has 8 heteroatoms. The SMILES string of the molecule is C[N+](=O)c1c(C(N)=O)ccc(C(N)=O)c1[N+](C)=O. The van der Waals surface area contributed by atoms with E-state index >= 15 is 0 Å². The van der Waals surface area contributed by atoms with Crippen LogP contribution in [0.5, 0.6) is 0 Å². The van der Waals surface area contributed by atoms with Gasteiger partial charge < -0.3 is 11.5 Å². The number of hydrogen-bond donors (Lipinski definition) is 2. The largest absolute Gasteiger partial charge is 0.365 e. The molecule has 0 fully saturated rings. The number of hydrogen-bond acceptors (Lipinski definition) is 4.